The summed E-state index contributed by atoms with van der Waals surface area (Å²) in [5.74, 6) is -2.56. The fourth-order valence-electron chi connectivity index (χ4n) is 0.584. The average molecular weight is 199 g/mol. The smallest absolute Gasteiger partial charge is 0.550 e. The third-order valence-electron chi connectivity index (χ3n) is 1.20. The Morgan fingerprint density at radius 2 is 1.83 bits per heavy atom. The minimum Gasteiger partial charge on any atom is -0.550 e. The van der Waals surface area contributed by atoms with Crippen molar-refractivity contribution >= 4 is 49.7 Å². The number of carboxylic acid groups (broad SMARTS) is 2. The molecule has 2 N–H and O–H groups in total. The van der Waals surface area contributed by atoms with Crippen LogP contribution in [0.5, 0.6) is 0 Å². The van der Waals surface area contributed by atoms with E-state index in [1.165, 1.54) is 0 Å². The van der Waals surface area contributed by atoms with E-state index in [0.717, 1.165) is 0 Å². The third kappa shape index (κ3) is 8.26. The minimum atomic E-state index is -1.36. The number of hydrogen-bond acceptors (Lipinski definition) is 5. The van der Waals surface area contributed by atoms with Crippen LogP contribution in [0.25, 0.3) is 0 Å². The Morgan fingerprint density at radius 3 is 2.17 bits per heavy atom. The van der Waals surface area contributed by atoms with Crippen LogP contribution in [0.4, 0.5) is 0 Å². The van der Waals surface area contributed by atoms with E-state index in [2.05, 4.69) is 0 Å². The zero-order valence-corrected chi connectivity index (χ0v) is 8.82. The first-order valence-electron chi connectivity index (χ1n) is 3.20. The Balaban J connectivity index is 0. The molecule has 0 radical (unpaired) electrons. The molecule has 0 aromatic rings. The molecule has 6 heteroatoms. The fraction of sp³-hybridized carbons (Fsp3) is 0.667. The molecule has 0 heterocycles. The average Bonchev–Trinajstić information content (AvgIpc) is 1.86. The number of nitrogens with two attached hydrogens (primary N) is 1. The molecular weight excluding hydrogens is 190 g/mol. The van der Waals surface area contributed by atoms with Crippen LogP contribution < -0.4 is 15.9 Å². The number of hydrogen-bond donors (Lipinski definition) is 1. The van der Waals surface area contributed by atoms with Gasteiger partial charge in [-0.2, -0.15) is 0 Å². The molecule has 0 saturated heterocycles. The standard InChI is InChI=1S/C6H11NO4.Ca/c7-4(6(10)11)2-1-3-5(8)9;/h4H,1-3,7H2,(H,8,9)(H,10,11);/q;+2/p-2/t4-;/m0./s1. The van der Waals surface area contributed by atoms with Crippen molar-refractivity contribution in [1.29, 1.82) is 0 Å². The summed E-state index contributed by atoms with van der Waals surface area (Å²) in [6.07, 6.45) is 0.148. The molecule has 0 aromatic carbocycles. The summed E-state index contributed by atoms with van der Waals surface area (Å²) in [4.78, 5) is 19.8. The minimum absolute atomic E-state index is 0. The molecule has 12 heavy (non-hydrogen) atoms. The maximum Gasteiger partial charge on any atom is 2.00 e. The van der Waals surface area contributed by atoms with Crippen LogP contribution in [-0.2, 0) is 9.59 Å². The van der Waals surface area contributed by atoms with Crippen LogP contribution in [0, 0.1) is 0 Å². The van der Waals surface area contributed by atoms with Gasteiger partial charge in [0.1, 0.15) is 0 Å². The van der Waals surface area contributed by atoms with Crippen molar-refractivity contribution in [2.24, 2.45) is 5.73 Å². The van der Waals surface area contributed by atoms with Gasteiger partial charge in [-0.1, -0.05) is 0 Å². The van der Waals surface area contributed by atoms with E-state index in [-0.39, 0.29) is 57.0 Å². The summed E-state index contributed by atoms with van der Waals surface area (Å²) in [6, 6.07) is -1.07. The Hall–Kier alpha value is 0.160. The van der Waals surface area contributed by atoms with E-state index >= 15 is 0 Å². The van der Waals surface area contributed by atoms with Crippen molar-refractivity contribution in [3.05, 3.63) is 0 Å². The first-order valence-corrected chi connectivity index (χ1v) is 3.20. The summed E-state index contributed by atoms with van der Waals surface area (Å²) in [5.41, 5.74) is 5.03. The second kappa shape index (κ2) is 7.79. The van der Waals surface area contributed by atoms with Gasteiger partial charge in [0.05, 0.1) is 5.97 Å². The molecular formula is C6H9CaNO4. The fourth-order valence-corrected chi connectivity index (χ4v) is 0.584. The number of carbonyl (C=O) groups excluding carboxylic acids is 2. The summed E-state index contributed by atoms with van der Waals surface area (Å²) < 4.78 is 0. The molecule has 0 aliphatic rings. The number of carbonyl (C=O) groups is 2. The van der Waals surface area contributed by atoms with Gasteiger partial charge in [-0.25, -0.2) is 0 Å². The number of rotatable bonds is 5. The molecule has 0 bridgehead atoms. The molecule has 1 atom stereocenters. The van der Waals surface area contributed by atoms with Crippen molar-refractivity contribution in [1.82, 2.24) is 0 Å². The molecule has 0 amide bonds. The van der Waals surface area contributed by atoms with Crippen molar-refractivity contribution < 1.29 is 19.8 Å². The van der Waals surface area contributed by atoms with Gasteiger partial charge in [-0.05, 0) is 19.3 Å². The van der Waals surface area contributed by atoms with E-state index in [9.17, 15) is 19.8 Å². The number of carboxylic acids is 2. The Morgan fingerprint density at radius 1 is 1.33 bits per heavy atom. The summed E-state index contributed by atoms with van der Waals surface area (Å²) >= 11 is 0. The first kappa shape index (κ1) is 14.7. The van der Waals surface area contributed by atoms with Gasteiger partial charge in [0, 0.05) is 12.0 Å². The van der Waals surface area contributed by atoms with Gasteiger partial charge in [-0.15, -0.1) is 0 Å². The van der Waals surface area contributed by atoms with E-state index in [1.54, 1.807) is 0 Å². The zero-order chi connectivity index (χ0) is 8.85. The van der Waals surface area contributed by atoms with Crippen molar-refractivity contribution in [3.63, 3.8) is 0 Å². The molecule has 5 nitrogen and oxygen atoms in total. The summed E-state index contributed by atoms with van der Waals surface area (Å²) in [5, 5.41) is 19.8. The van der Waals surface area contributed by atoms with Gasteiger partial charge in [0.2, 0.25) is 0 Å². The SMILES string of the molecule is N[C@@H](CCCC(=O)[O-])C(=O)[O-].[Ca+2]. The number of aliphatic carboxylic acids is 2. The van der Waals surface area contributed by atoms with Gasteiger partial charge in [0.25, 0.3) is 0 Å². The first-order chi connectivity index (χ1) is 5.04. The largest absolute Gasteiger partial charge is 2.00 e. The van der Waals surface area contributed by atoms with Crippen LogP contribution in [-0.4, -0.2) is 55.7 Å². The van der Waals surface area contributed by atoms with Gasteiger partial charge >= 0.3 is 37.7 Å². The normalized spacial score (nSPS) is 11.4. The molecule has 0 spiro atoms. The predicted octanol–water partition coefficient (Wildman–Crippen LogP) is -3.40. The van der Waals surface area contributed by atoms with Crippen LogP contribution in [0.1, 0.15) is 19.3 Å². The molecule has 0 saturated carbocycles. The molecule has 0 rings (SSSR count). The van der Waals surface area contributed by atoms with E-state index in [0.29, 0.717) is 0 Å². The van der Waals surface area contributed by atoms with Crippen LogP contribution in [0.3, 0.4) is 0 Å². The Labute approximate surface area is 99.9 Å². The van der Waals surface area contributed by atoms with Crippen LogP contribution in [0.2, 0.25) is 0 Å². The molecule has 64 valence electrons. The maximum absolute atomic E-state index is 9.98. The van der Waals surface area contributed by atoms with Gasteiger partial charge in [0.15, 0.2) is 0 Å². The van der Waals surface area contributed by atoms with Gasteiger partial charge in [-0.3, -0.25) is 0 Å². The summed E-state index contributed by atoms with van der Waals surface area (Å²) in [7, 11) is 0. The summed E-state index contributed by atoms with van der Waals surface area (Å²) in [6.45, 7) is 0. The Kier molecular flexibility index (Phi) is 9.52. The van der Waals surface area contributed by atoms with E-state index in [4.69, 9.17) is 5.73 Å². The van der Waals surface area contributed by atoms with Crippen molar-refractivity contribution in [2.45, 2.75) is 25.3 Å². The quantitative estimate of drug-likeness (QED) is 0.464. The molecule has 0 aliphatic carbocycles. The maximum atomic E-state index is 9.98. The van der Waals surface area contributed by atoms with E-state index < -0.39 is 18.0 Å². The topological polar surface area (TPSA) is 106 Å². The predicted molar refractivity (Wildman–Crippen MR) is 37.6 cm³/mol. The van der Waals surface area contributed by atoms with Gasteiger partial charge < -0.3 is 25.5 Å². The second-order valence-electron chi connectivity index (χ2n) is 2.19. The van der Waals surface area contributed by atoms with E-state index in [1.807, 2.05) is 0 Å². The second-order valence-corrected chi connectivity index (χ2v) is 2.19. The van der Waals surface area contributed by atoms with Crippen LogP contribution >= 0.6 is 0 Å². The third-order valence-corrected chi connectivity index (χ3v) is 1.20. The molecule has 0 aromatic heterocycles. The van der Waals surface area contributed by atoms with Crippen molar-refractivity contribution in [2.75, 3.05) is 0 Å². The molecule has 0 fully saturated rings. The van der Waals surface area contributed by atoms with Crippen molar-refractivity contribution in [3.8, 4) is 0 Å². The zero-order valence-electron chi connectivity index (χ0n) is 6.62. The molecule has 0 aliphatic heterocycles. The Bertz CT molecular complexity index is 162. The monoisotopic (exact) mass is 199 g/mol. The van der Waals surface area contributed by atoms with Crippen LogP contribution in [0.15, 0.2) is 0 Å². The molecule has 0 unspecified atom stereocenters.